The normalized spacial score (nSPS) is 17.9. The van der Waals surface area contributed by atoms with E-state index in [4.69, 9.17) is 9.47 Å². The molecule has 0 N–H and O–H groups in total. The smallest absolute Gasteiger partial charge is 0.410 e. The van der Waals surface area contributed by atoms with E-state index in [1.165, 1.54) is 0 Å². The Morgan fingerprint density at radius 3 is 2.42 bits per heavy atom. The molecule has 2 aliphatic heterocycles. The minimum Gasteiger partial charge on any atom is -0.466 e. The Morgan fingerprint density at radius 1 is 1.16 bits per heavy atom. The average molecular weight is 433 g/mol. The summed E-state index contributed by atoms with van der Waals surface area (Å²) in [6, 6.07) is 5.32. The second kappa shape index (κ2) is 9.71. The summed E-state index contributed by atoms with van der Waals surface area (Å²) in [6.45, 7) is 10.1. The topological polar surface area (TPSA) is 59.1 Å². The highest BCUT2D eigenvalue weighted by molar-refractivity contribution is 5.74. The Hall–Kier alpha value is -2.57. The standard InChI is InChI=1S/C24H33FN2O4/c1-5-30-22(28)18-10-12-26(13-11-18)19-6-7-20(21(25)16-19)17-8-14-27(15-9-17)23(29)31-24(2,3)4/h6-8,16,18H,5,9-15H2,1-4H3. The molecule has 0 atom stereocenters. The molecule has 0 radical (unpaired) electrons. The Bertz CT molecular complexity index is 838. The van der Waals surface area contributed by atoms with Crippen LogP contribution in [0.4, 0.5) is 14.9 Å². The summed E-state index contributed by atoms with van der Waals surface area (Å²) >= 11 is 0. The maximum absolute atomic E-state index is 14.9. The minimum absolute atomic E-state index is 0.0689. The molecular formula is C24H33FN2O4. The number of hydrogen-bond donors (Lipinski definition) is 0. The maximum atomic E-state index is 14.9. The van der Waals surface area contributed by atoms with Gasteiger partial charge in [0, 0.05) is 37.4 Å². The Kier molecular flexibility index (Phi) is 7.23. The van der Waals surface area contributed by atoms with Crippen molar-refractivity contribution in [3.05, 3.63) is 35.7 Å². The zero-order chi connectivity index (χ0) is 22.6. The molecule has 2 aliphatic rings. The molecule has 0 bridgehead atoms. The highest BCUT2D eigenvalue weighted by Gasteiger charge is 2.27. The molecule has 0 saturated carbocycles. The van der Waals surface area contributed by atoms with Gasteiger partial charge in [-0.25, -0.2) is 9.18 Å². The van der Waals surface area contributed by atoms with Crippen LogP contribution in [0.15, 0.2) is 24.3 Å². The van der Waals surface area contributed by atoms with Crippen LogP contribution in [0.2, 0.25) is 0 Å². The summed E-state index contributed by atoms with van der Waals surface area (Å²) in [5.41, 5.74) is 1.78. The first-order chi connectivity index (χ1) is 14.7. The molecule has 1 aromatic carbocycles. The number of carbonyl (C=O) groups excluding carboxylic acids is 2. The third kappa shape index (κ3) is 5.99. The van der Waals surface area contributed by atoms with Gasteiger partial charge < -0.3 is 19.3 Å². The van der Waals surface area contributed by atoms with E-state index in [0.29, 0.717) is 57.6 Å². The van der Waals surface area contributed by atoms with Gasteiger partial charge in [0.1, 0.15) is 11.4 Å². The van der Waals surface area contributed by atoms with Crippen LogP contribution in [-0.4, -0.2) is 55.3 Å². The first-order valence-corrected chi connectivity index (χ1v) is 11.1. The summed E-state index contributed by atoms with van der Waals surface area (Å²) < 4.78 is 25.5. The van der Waals surface area contributed by atoms with Gasteiger partial charge in [-0.2, -0.15) is 0 Å². The van der Waals surface area contributed by atoms with Crippen LogP contribution in [0, 0.1) is 11.7 Å². The molecule has 170 valence electrons. The summed E-state index contributed by atoms with van der Waals surface area (Å²) in [4.78, 5) is 27.9. The monoisotopic (exact) mass is 432 g/mol. The maximum Gasteiger partial charge on any atom is 0.410 e. The average Bonchev–Trinajstić information content (AvgIpc) is 2.73. The highest BCUT2D eigenvalue weighted by atomic mass is 19.1. The second-order valence-electron chi connectivity index (χ2n) is 9.08. The molecule has 0 spiro atoms. The van der Waals surface area contributed by atoms with Crippen LogP contribution in [0.3, 0.4) is 0 Å². The third-order valence-electron chi connectivity index (χ3n) is 5.64. The van der Waals surface area contributed by atoms with Crippen molar-refractivity contribution in [2.45, 2.75) is 52.6 Å². The number of rotatable bonds is 4. The number of halogens is 1. The van der Waals surface area contributed by atoms with E-state index in [2.05, 4.69) is 4.90 Å². The lowest BCUT2D eigenvalue weighted by molar-refractivity contribution is -0.148. The van der Waals surface area contributed by atoms with Crippen molar-refractivity contribution in [1.29, 1.82) is 0 Å². The van der Waals surface area contributed by atoms with Gasteiger partial charge in [-0.1, -0.05) is 6.08 Å². The molecule has 2 heterocycles. The Labute approximate surface area is 184 Å². The largest absolute Gasteiger partial charge is 0.466 e. The lowest BCUT2D eigenvalue weighted by atomic mass is 9.95. The first-order valence-electron chi connectivity index (χ1n) is 11.1. The molecule has 1 aromatic rings. The van der Waals surface area contributed by atoms with Crippen molar-refractivity contribution < 1.29 is 23.5 Å². The fraction of sp³-hybridized carbons (Fsp3) is 0.583. The molecule has 7 heteroatoms. The van der Waals surface area contributed by atoms with E-state index in [0.717, 1.165) is 11.3 Å². The number of carbonyl (C=O) groups is 2. The lowest BCUT2D eigenvalue weighted by Crippen LogP contribution is -2.39. The van der Waals surface area contributed by atoms with E-state index in [1.807, 2.05) is 45.9 Å². The van der Waals surface area contributed by atoms with Gasteiger partial charge in [0.25, 0.3) is 0 Å². The number of piperidine rings is 1. The van der Waals surface area contributed by atoms with Gasteiger partial charge in [-0.3, -0.25) is 4.79 Å². The number of hydrogen-bond acceptors (Lipinski definition) is 5. The molecule has 31 heavy (non-hydrogen) atoms. The Balaban J connectivity index is 1.60. The van der Waals surface area contributed by atoms with E-state index in [-0.39, 0.29) is 23.8 Å². The van der Waals surface area contributed by atoms with Gasteiger partial charge in [-0.05, 0) is 70.7 Å². The number of anilines is 1. The molecule has 1 amide bonds. The van der Waals surface area contributed by atoms with Gasteiger partial charge in [-0.15, -0.1) is 0 Å². The summed E-state index contributed by atoms with van der Waals surface area (Å²) in [6.07, 6.45) is 3.57. The summed E-state index contributed by atoms with van der Waals surface area (Å²) in [5.74, 6) is -0.462. The number of amides is 1. The van der Waals surface area contributed by atoms with Gasteiger partial charge in [0.2, 0.25) is 0 Å². The van der Waals surface area contributed by atoms with E-state index in [1.54, 1.807) is 11.0 Å². The summed E-state index contributed by atoms with van der Waals surface area (Å²) in [5, 5.41) is 0. The van der Waals surface area contributed by atoms with Crippen LogP contribution in [0.25, 0.3) is 5.57 Å². The minimum atomic E-state index is -0.534. The highest BCUT2D eigenvalue weighted by Crippen LogP contribution is 2.30. The van der Waals surface area contributed by atoms with Crippen molar-refractivity contribution in [3.8, 4) is 0 Å². The van der Waals surface area contributed by atoms with E-state index in [9.17, 15) is 14.0 Å². The zero-order valence-corrected chi connectivity index (χ0v) is 18.9. The molecule has 0 aromatic heterocycles. The number of ether oxygens (including phenoxy) is 2. The molecule has 1 saturated heterocycles. The summed E-state index contributed by atoms with van der Waals surface area (Å²) in [7, 11) is 0. The molecule has 6 nitrogen and oxygen atoms in total. The predicted molar refractivity (Wildman–Crippen MR) is 118 cm³/mol. The van der Waals surface area contributed by atoms with Gasteiger partial charge in [0.15, 0.2) is 0 Å². The van der Waals surface area contributed by atoms with Crippen molar-refractivity contribution >= 4 is 23.3 Å². The fourth-order valence-corrected chi connectivity index (χ4v) is 4.00. The third-order valence-corrected chi connectivity index (χ3v) is 5.64. The van der Waals surface area contributed by atoms with Crippen molar-refractivity contribution in [2.24, 2.45) is 5.92 Å². The molecule has 0 aliphatic carbocycles. The number of benzene rings is 1. The van der Waals surface area contributed by atoms with Crippen LogP contribution >= 0.6 is 0 Å². The van der Waals surface area contributed by atoms with Crippen molar-refractivity contribution in [2.75, 3.05) is 37.7 Å². The van der Waals surface area contributed by atoms with Crippen molar-refractivity contribution in [1.82, 2.24) is 4.90 Å². The zero-order valence-electron chi connectivity index (χ0n) is 18.9. The Morgan fingerprint density at radius 2 is 1.87 bits per heavy atom. The quantitative estimate of drug-likeness (QED) is 0.650. The van der Waals surface area contributed by atoms with Gasteiger partial charge in [0.05, 0.1) is 12.5 Å². The van der Waals surface area contributed by atoms with Crippen molar-refractivity contribution in [3.63, 3.8) is 0 Å². The van der Waals surface area contributed by atoms with Gasteiger partial charge >= 0.3 is 12.1 Å². The lowest BCUT2D eigenvalue weighted by Gasteiger charge is -2.33. The fourth-order valence-electron chi connectivity index (χ4n) is 4.00. The predicted octanol–water partition coefficient (Wildman–Crippen LogP) is 4.63. The second-order valence-corrected chi connectivity index (χ2v) is 9.08. The molecule has 0 unspecified atom stereocenters. The van der Waals surface area contributed by atoms with Crippen LogP contribution in [0.5, 0.6) is 0 Å². The van der Waals surface area contributed by atoms with E-state index >= 15 is 0 Å². The van der Waals surface area contributed by atoms with E-state index < -0.39 is 5.60 Å². The number of nitrogens with zero attached hydrogens (tertiary/aromatic N) is 2. The molecule has 3 rings (SSSR count). The van der Waals surface area contributed by atoms with Crippen LogP contribution in [0.1, 0.15) is 52.5 Å². The SMILES string of the molecule is CCOC(=O)C1CCN(c2ccc(C3=CCN(C(=O)OC(C)(C)C)CC3)c(F)c2)CC1. The first kappa shape index (κ1) is 23.1. The molecular weight excluding hydrogens is 399 g/mol. The number of esters is 1. The molecule has 1 fully saturated rings. The van der Waals surface area contributed by atoms with Crippen LogP contribution < -0.4 is 4.90 Å². The van der Waals surface area contributed by atoms with Crippen LogP contribution in [-0.2, 0) is 14.3 Å².